The van der Waals surface area contributed by atoms with Crippen molar-refractivity contribution >= 4 is 29.2 Å². The Morgan fingerprint density at radius 3 is 1.93 bits per heavy atom. The molecule has 0 amide bonds. The van der Waals surface area contributed by atoms with Crippen molar-refractivity contribution in [3.63, 3.8) is 0 Å². The highest BCUT2D eigenvalue weighted by molar-refractivity contribution is 6.36. The molecule has 1 heterocycles. The number of carboxylic acid groups (broad SMARTS) is 1. The second kappa shape index (κ2) is 12.9. The number of aromatic carboxylic acids is 1. The number of ether oxygens (including phenoxy) is 1. The first kappa shape index (κ1) is 31.2. The average molecular weight is 648 g/mol. The van der Waals surface area contributed by atoms with Crippen molar-refractivity contribution in [2.45, 2.75) is 32.6 Å². The number of carboxylic acids is 1. The minimum absolute atomic E-state index is 0.0982. The zero-order chi connectivity index (χ0) is 32.4. The topological polar surface area (TPSA) is 64.4 Å². The molecule has 5 nitrogen and oxygen atoms in total. The normalized spacial score (nSPS) is 11.4. The number of imidazole rings is 1. The van der Waals surface area contributed by atoms with E-state index < -0.39 is 5.97 Å². The van der Waals surface area contributed by atoms with Gasteiger partial charge in [-0.25, -0.2) is 9.78 Å². The average Bonchev–Trinajstić information content (AvgIpc) is 3.45. The second-order valence-electron chi connectivity index (χ2n) is 12.2. The summed E-state index contributed by atoms with van der Waals surface area (Å²) in [6, 6.07) is 36.8. The minimum atomic E-state index is -0.973. The molecule has 0 aliphatic heterocycles. The van der Waals surface area contributed by atoms with Crippen molar-refractivity contribution in [1.29, 1.82) is 0 Å². The predicted octanol–water partition coefficient (Wildman–Crippen LogP) is 10.9. The molecule has 1 aromatic heterocycles. The summed E-state index contributed by atoms with van der Waals surface area (Å²) in [6.07, 6.45) is 2.46. The predicted molar refractivity (Wildman–Crippen MR) is 186 cm³/mol. The molecule has 7 heteroatoms. The van der Waals surface area contributed by atoms with Gasteiger partial charge in [0.1, 0.15) is 17.3 Å². The smallest absolute Gasteiger partial charge is 0.335 e. The number of hydrogen-bond acceptors (Lipinski definition) is 3. The standard InChI is InChI=1S/C39H32Cl2N2O3/c1-39(2,3)29-12-19-33(20-13-29)46-32-17-10-27(11-18-32)26-6-4-25(5-7-26)22-37-42-36(34-21-14-30(40)23-35(34)41)24-43(37)31-15-8-28(9-16-31)38(44)45/h4-21,23-24H,22H2,1-3H3,(H,44,45). The number of rotatable bonds is 8. The van der Waals surface area contributed by atoms with Gasteiger partial charge in [-0.05, 0) is 94.4 Å². The van der Waals surface area contributed by atoms with Crippen molar-refractivity contribution < 1.29 is 14.6 Å². The molecule has 0 bridgehead atoms. The molecule has 6 aromatic rings. The molecule has 0 spiro atoms. The number of nitrogens with zero attached hydrogens (tertiary/aromatic N) is 2. The molecule has 0 saturated carbocycles. The van der Waals surface area contributed by atoms with Crippen molar-refractivity contribution in [3.8, 4) is 39.6 Å². The van der Waals surface area contributed by atoms with Gasteiger partial charge in [0.15, 0.2) is 0 Å². The van der Waals surface area contributed by atoms with E-state index in [2.05, 4.69) is 69.3 Å². The zero-order valence-corrected chi connectivity index (χ0v) is 27.2. The van der Waals surface area contributed by atoms with E-state index in [9.17, 15) is 9.90 Å². The fraction of sp³-hybridized carbons (Fsp3) is 0.128. The van der Waals surface area contributed by atoms with Crippen LogP contribution in [0.15, 0.2) is 121 Å². The van der Waals surface area contributed by atoms with Crippen LogP contribution in [0.1, 0.15) is 48.1 Å². The third kappa shape index (κ3) is 7.02. The lowest BCUT2D eigenvalue weighted by Gasteiger charge is -2.19. The van der Waals surface area contributed by atoms with Crippen molar-refractivity contribution in [1.82, 2.24) is 9.55 Å². The molecule has 0 unspecified atom stereocenters. The first-order valence-electron chi connectivity index (χ1n) is 14.9. The molecule has 0 radical (unpaired) electrons. The van der Waals surface area contributed by atoms with E-state index in [1.165, 1.54) is 5.56 Å². The third-order valence-corrected chi connectivity index (χ3v) is 8.39. The minimum Gasteiger partial charge on any atom is -0.478 e. The highest BCUT2D eigenvalue weighted by Crippen LogP contribution is 2.32. The van der Waals surface area contributed by atoms with E-state index in [1.807, 2.05) is 41.1 Å². The fourth-order valence-electron chi connectivity index (χ4n) is 5.23. The Labute approximate surface area is 278 Å². The van der Waals surface area contributed by atoms with E-state index in [0.717, 1.165) is 45.3 Å². The van der Waals surface area contributed by atoms with E-state index in [0.29, 0.717) is 22.2 Å². The van der Waals surface area contributed by atoms with Crippen LogP contribution >= 0.6 is 23.2 Å². The highest BCUT2D eigenvalue weighted by Gasteiger charge is 2.16. The molecule has 0 atom stereocenters. The van der Waals surface area contributed by atoms with Gasteiger partial charge in [-0.3, -0.25) is 0 Å². The number of carbonyl (C=O) groups is 1. The van der Waals surface area contributed by atoms with Crippen LogP contribution in [-0.4, -0.2) is 20.6 Å². The second-order valence-corrected chi connectivity index (χ2v) is 13.0. The quantitative estimate of drug-likeness (QED) is 0.179. The van der Waals surface area contributed by atoms with Gasteiger partial charge in [0.05, 0.1) is 16.3 Å². The highest BCUT2D eigenvalue weighted by atomic mass is 35.5. The number of hydrogen-bond donors (Lipinski definition) is 1. The molecule has 0 fully saturated rings. The number of halogens is 2. The van der Waals surface area contributed by atoms with Crippen molar-refractivity contribution in [2.24, 2.45) is 0 Å². The molecular weight excluding hydrogens is 615 g/mol. The van der Waals surface area contributed by atoms with Crippen LogP contribution < -0.4 is 4.74 Å². The Morgan fingerprint density at radius 1 is 0.783 bits per heavy atom. The molecule has 46 heavy (non-hydrogen) atoms. The lowest BCUT2D eigenvalue weighted by Crippen LogP contribution is -2.10. The Kier molecular flexibility index (Phi) is 8.72. The van der Waals surface area contributed by atoms with Gasteiger partial charge < -0.3 is 14.4 Å². The van der Waals surface area contributed by atoms with E-state index >= 15 is 0 Å². The maximum absolute atomic E-state index is 11.4. The van der Waals surface area contributed by atoms with Crippen LogP contribution in [0.4, 0.5) is 0 Å². The Balaban J connectivity index is 1.22. The van der Waals surface area contributed by atoms with Gasteiger partial charge >= 0.3 is 5.97 Å². The monoisotopic (exact) mass is 646 g/mol. The maximum atomic E-state index is 11.4. The third-order valence-electron chi connectivity index (χ3n) is 7.84. The van der Waals surface area contributed by atoms with E-state index in [1.54, 1.807) is 36.4 Å². The van der Waals surface area contributed by atoms with Crippen LogP contribution in [0.2, 0.25) is 10.0 Å². The molecule has 5 aromatic carbocycles. The summed E-state index contributed by atoms with van der Waals surface area (Å²) >= 11 is 12.7. The molecule has 6 rings (SSSR count). The molecule has 1 N–H and O–H groups in total. The Bertz CT molecular complexity index is 1990. The van der Waals surface area contributed by atoms with Gasteiger partial charge in [-0.15, -0.1) is 0 Å². The lowest BCUT2D eigenvalue weighted by atomic mass is 9.87. The molecule has 0 aliphatic rings. The fourth-order valence-corrected chi connectivity index (χ4v) is 5.74. The van der Waals surface area contributed by atoms with Gasteiger partial charge in [-0.1, -0.05) is 92.5 Å². The summed E-state index contributed by atoms with van der Waals surface area (Å²) in [5, 5.41) is 10.4. The summed E-state index contributed by atoms with van der Waals surface area (Å²) in [5.74, 6) is 1.40. The van der Waals surface area contributed by atoms with E-state index in [4.69, 9.17) is 32.9 Å². The number of aromatic nitrogens is 2. The van der Waals surface area contributed by atoms with Gasteiger partial charge in [-0.2, -0.15) is 0 Å². The molecule has 230 valence electrons. The van der Waals surface area contributed by atoms with Gasteiger partial charge in [0.2, 0.25) is 0 Å². The molecule has 0 saturated heterocycles. The Morgan fingerprint density at radius 2 is 1.37 bits per heavy atom. The van der Waals surface area contributed by atoms with Crippen LogP contribution in [-0.2, 0) is 11.8 Å². The molecular formula is C39H32Cl2N2O3. The first-order chi connectivity index (χ1) is 22.0. The van der Waals surface area contributed by atoms with E-state index in [-0.39, 0.29) is 11.0 Å². The van der Waals surface area contributed by atoms with Crippen LogP contribution in [0, 0.1) is 0 Å². The lowest BCUT2D eigenvalue weighted by molar-refractivity contribution is 0.0697. The largest absolute Gasteiger partial charge is 0.478 e. The van der Waals surface area contributed by atoms with Crippen LogP contribution in [0.25, 0.3) is 28.1 Å². The summed E-state index contributed by atoms with van der Waals surface area (Å²) in [4.78, 5) is 16.4. The zero-order valence-electron chi connectivity index (χ0n) is 25.7. The maximum Gasteiger partial charge on any atom is 0.335 e. The first-order valence-corrected chi connectivity index (χ1v) is 15.6. The summed E-state index contributed by atoms with van der Waals surface area (Å²) < 4.78 is 8.05. The van der Waals surface area contributed by atoms with Gasteiger partial charge in [0.25, 0.3) is 0 Å². The van der Waals surface area contributed by atoms with Crippen LogP contribution in [0.5, 0.6) is 11.5 Å². The Hall–Kier alpha value is -4.84. The SMILES string of the molecule is CC(C)(C)c1ccc(Oc2ccc(-c3ccc(Cc4nc(-c5ccc(Cl)cc5Cl)cn4-c4ccc(C(=O)O)cc4)cc3)cc2)cc1. The molecule has 0 aliphatic carbocycles. The van der Waals surface area contributed by atoms with Gasteiger partial charge in [0, 0.05) is 28.9 Å². The summed E-state index contributed by atoms with van der Waals surface area (Å²) in [5.41, 5.74) is 7.09. The van der Waals surface area contributed by atoms with Crippen molar-refractivity contribution in [2.75, 3.05) is 0 Å². The summed E-state index contributed by atoms with van der Waals surface area (Å²) in [6.45, 7) is 6.59. The van der Waals surface area contributed by atoms with Crippen molar-refractivity contribution in [3.05, 3.63) is 154 Å². The van der Waals surface area contributed by atoms with Crippen LogP contribution in [0.3, 0.4) is 0 Å². The number of benzene rings is 5. The summed E-state index contributed by atoms with van der Waals surface area (Å²) in [7, 11) is 0.